The molecule has 0 radical (unpaired) electrons. The molecule has 0 aliphatic rings. The summed E-state index contributed by atoms with van der Waals surface area (Å²) in [6.07, 6.45) is 2.95. The Morgan fingerprint density at radius 2 is 2.18 bits per heavy atom. The number of carboxylic acid groups (broad SMARTS) is 1. The highest BCUT2D eigenvalue weighted by Gasteiger charge is 2.09. The molecule has 0 bridgehead atoms. The molecule has 1 rings (SSSR count). The molecule has 0 aromatic heterocycles. The van der Waals surface area contributed by atoms with Gasteiger partial charge in [0.1, 0.15) is 0 Å². The van der Waals surface area contributed by atoms with Crippen molar-refractivity contribution in [1.29, 1.82) is 0 Å². The predicted molar refractivity (Wildman–Crippen MR) is 68.4 cm³/mol. The molecular weight excluding hydrogens is 240 g/mol. The van der Waals surface area contributed by atoms with Gasteiger partial charge in [0.05, 0.1) is 19.3 Å². The first kappa shape index (κ1) is 13.7. The molecule has 4 nitrogen and oxygen atoms in total. The number of hydrogen-bond donors (Lipinski definition) is 1. The Kier molecular flexibility index (Phi) is 5.69. The summed E-state index contributed by atoms with van der Waals surface area (Å²) in [6.45, 7) is 0.556. The molecule has 0 aliphatic heterocycles. The molecule has 17 heavy (non-hydrogen) atoms. The first-order valence-electron chi connectivity index (χ1n) is 5.22. The molecule has 0 heterocycles. The molecule has 0 saturated heterocycles. The third-order valence-corrected chi connectivity index (χ3v) is 2.86. The maximum atomic E-state index is 10.8. The van der Waals surface area contributed by atoms with Crippen molar-refractivity contribution in [3.63, 3.8) is 0 Å². The Morgan fingerprint density at radius 3 is 2.76 bits per heavy atom. The van der Waals surface area contributed by atoms with E-state index in [1.807, 2.05) is 6.26 Å². The topological polar surface area (TPSA) is 55.8 Å². The largest absolute Gasteiger partial charge is 0.493 e. The van der Waals surface area contributed by atoms with Crippen LogP contribution in [0.4, 0.5) is 0 Å². The number of hydrogen-bond acceptors (Lipinski definition) is 4. The number of carbonyl (C=O) groups is 1. The summed E-state index contributed by atoms with van der Waals surface area (Å²) in [5.74, 6) is 1.08. The van der Waals surface area contributed by atoms with Crippen LogP contribution >= 0.6 is 11.8 Å². The Balaban J connectivity index is 2.72. The van der Waals surface area contributed by atoms with Crippen LogP contribution in [0, 0.1) is 0 Å². The van der Waals surface area contributed by atoms with Gasteiger partial charge in [-0.2, -0.15) is 11.8 Å². The molecule has 0 unspecified atom stereocenters. The summed E-state index contributed by atoms with van der Waals surface area (Å²) in [5.41, 5.74) is 0.200. The van der Waals surface area contributed by atoms with E-state index in [2.05, 4.69) is 0 Å². The molecule has 0 fully saturated rings. The van der Waals surface area contributed by atoms with Crippen LogP contribution in [0.5, 0.6) is 11.5 Å². The maximum absolute atomic E-state index is 10.8. The average Bonchev–Trinajstić information content (AvgIpc) is 2.34. The number of thioether (sulfide) groups is 1. The van der Waals surface area contributed by atoms with Gasteiger partial charge in [-0.3, -0.25) is 0 Å². The Morgan fingerprint density at radius 1 is 1.41 bits per heavy atom. The lowest BCUT2D eigenvalue weighted by atomic mass is 10.2. The third kappa shape index (κ3) is 4.19. The van der Waals surface area contributed by atoms with E-state index in [0.29, 0.717) is 18.1 Å². The fourth-order valence-electron chi connectivity index (χ4n) is 1.31. The standard InChI is InChI=1S/C12H16O4S/c1-15-10-5-4-9(12(13)14)8-11(10)16-6-3-7-17-2/h4-5,8H,3,6-7H2,1-2H3,(H,13,14). The van der Waals surface area contributed by atoms with Crippen LogP contribution in [-0.4, -0.2) is 36.8 Å². The van der Waals surface area contributed by atoms with Gasteiger partial charge in [0.15, 0.2) is 11.5 Å². The summed E-state index contributed by atoms with van der Waals surface area (Å²) in [6, 6.07) is 4.59. The average molecular weight is 256 g/mol. The van der Waals surface area contributed by atoms with Gasteiger partial charge >= 0.3 is 5.97 Å². The number of aromatic carboxylic acids is 1. The summed E-state index contributed by atoms with van der Waals surface area (Å²) < 4.78 is 10.6. The predicted octanol–water partition coefficient (Wildman–Crippen LogP) is 2.53. The van der Waals surface area contributed by atoms with E-state index in [9.17, 15) is 4.79 Å². The minimum absolute atomic E-state index is 0.200. The van der Waals surface area contributed by atoms with Crippen molar-refractivity contribution in [2.45, 2.75) is 6.42 Å². The van der Waals surface area contributed by atoms with Crippen LogP contribution in [0.3, 0.4) is 0 Å². The van der Waals surface area contributed by atoms with Gasteiger partial charge in [0, 0.05) is 0 Å². The Hall–Kier alpha value is -1.36. The van der Waals surface area contributed by atoms with Crippen molar-refractivity contribution < 1.29 is 19.4 Å². The van der Waals surface area contributed by atoms with Crippen molar-refractivity contribution in [2.24, 2.45) is 0 Å². The van der Waals surface area contributed by atoms with Crippen molar-refractivity contribution >= 4 is 17.7 Å². The maximum Gasteiger partial charge on any atom is 0.335 e. The number of methoxy groups -OCH3 is 1. The van der Waals surface area contributed by atoms with Crippen molar-refractivity contribution in [2.75, 3.05) is 25.7 Å². The van der Waals surface area contributed by atoms with E-state index >= 15 is 0 Å². The molecule has 0 saturated carbocycles. The fourth-order valence-corrected chi connectivity index (χ4v) is 1.71. The molecule has 0 amide bonds. The molecule has 0 atom stereocenters. The highest BCUT2D eigenvalue weighted by Crippen LogP contribution is 2.28. The molecule has 94 valence electrons. The molecule has 1 aromatic rings. The molecule has 1 aromatic carbocycles. The second-order valence-electron chi connectivity index (χ2n) is 3.37. The monoisotopic (exact) mass is 256 g/mol. The smallest absolute Gasteiger partial charge is 0.335 e. The van der Waals surface area contributed by atoms with E-state index in [0.717, 1.165) is 12.2 Å². The number of carboxylic acids is 1. The van der Waals surface area contributed by atoms with Gasteiger partial charge in [0.2, 0.25) is 0 Å². The van der Waals surface area contributed by atoms with E-state index < -0.39 is 5.97 Å². The zero-order valence-corrected chi connectivity index (χ0v) is 10.8. The first-order valence-corrected chi connectivity index (χ1v) is 6.61. The summed E-state index contributed by atoms with van der Waals surface area (Å²) in [5, 5.41) is 8.88. The number of benzene rings is 1. The van der Waals surface area contributed by atoms with E-state index in [-0.39, 0.29) is 5.56 Å². The quantitative estimate of drug-likeness (QED) is 0.760. The van der Waals surface area contributed by atoms with Gasteiger partial charge in [0.25, 0.3) is 0 Å². The zero-order valence-electron chi connectivity index (χ0n) is 9.93. The van der Waals surface area contributed by atoms with Crippen LogP contribution in [0.2, 0.25) is 0 Å². The van der Waals surface area contributed by atoms with Gasteiger partial charge < -0.3 is 14.6 Å². The van der Waals surface area contributed by atoms with E-state index in [1.54, 1.807) is 17.8 Å². The van der Waals surface area contributed by atoms with Gasteiger partial charge in [-0.25, -0.2) is 4.79 Å². The summed E-state index contributed by atoms with van der Waals surface area (Å²) >= 11 is 1.75. The van der Waals surface area contributed by atoms with Gasteiger partial charge in [-0.05, 0) is 36.6 Å². The second-order valence-corrected chi connectivity index (χ2v) is 4.35. The minimum atomic E-state index is -0.971. The molecular formula is C12H16O4S. The SMILES string of the molecule is COc1ccc(C(=O)O)cc1OCCCSC. The highest BCUT2D eigenvalue weighted by molar-refractivity contribution is 7.98. The van der Waals surface area contributed by atoms with Crippen molar-refractivity contribution in [3.8, 4) is 11.5 Å². The first-order chi connectivity index (χ1) is 8.19. The minimum Gasteiger partial charge on any atom is -0.493 e. The van der Waals surface area contributed by atoms with Gasteiger partial charge in [-0.1, -0.05) is 0 Å². The summed E-state index contributed by atoms with van der Waals surface area (Å²) in [4.78, 5) is 10.8. The lowest BCUT2D eigenvalue weighted by Gasteiger charge is -2.11. The normalized spacial score (nSPS) is 10.0. The zero-order chi connectivity index (χ0) is 12.7. The van der Waals surface area contributed by atoms with Crippen molar-refractivity contribution in [1.82, 2.24) is 0 Å². The van der Waals surface area contributed by atoms with Crippen LogP contribution in [0.1, 0.15) is 16.8 Å². The van der Waals surface area contributed by atoms with E-state index in [1.165, 1.54) is 19.2 Å². The number of ether oxygens (including phenoxy) is 2. The summed E-state index contributed by atoms with van der Waals surface area (Å²) in [7, 11) is 1.53. The molecule has 0 spiro atoms. The van der Waals surface area contributed by atoms with Crippen LogP contribution in [-0.2, 0) is 0 Å². The number of rotatable bonds is 7. The van der Waals surface area contributed by atoms with E-state index in [4.69, 9.17) is 14.6 Å². The fraction of sp³-hybridized carbons (Fsp3) is 0.417. The van der Waals surface area contributed by atoms with Crippen LogP contribution < -0.4 is 9.47 Å². The third-order valence-electron chi connectivity index (χ3n) is 2.16. The van der Waals surface area contributed by atoms with Gasteiger partial charge in [-0.15, -0.1) is 0 Å². The lowest BCUT2D eigenvalue weighted by Crippen LogP contribution is -2.03. The highest BCUT2D eigenvalue weighted by atomic mass is 32.2. The lowest BCUT2D eigenvalue weighted by molar-refractivity contribution is 0.0696. The second kappa shape index (κ2) is 7.06. The van der Waals surface area contributed by atoms with Crippen molar-refractivity contribution in [3.05, 3.63) is 23.8 Å². The molecule has 5 heteroatoms. The Labute approximate surface area is 105 Å². The van der Waals surface area contributed by atoms with Crippen LogP contribution in [0.25, 0.3) is 0 Å². The molecule has 1 N–H and O–H groups in total. The van der Waals surface area contributed by atoms with Crippen LogP contribution in [0.15, 0.2) is 18.2 Å². The Bertz CT molecular complexity index is 379. The molecule has 0 aliphatic carbocycles.